The maximum absolute atomic E-state index is 11.8. The van der Waals surface area contributed by atoms with Crippen molar-refractivity contribution in [3.05, 3.63) is 29.8 Å². The molecule has 1 aliphatic rings. The number of ether oxygens (including phenoxy) is 1. The van der Waals surface area contributed by atoms with Crippen molar-refractivity contribution in [1.82, 2.24) is 0 Å². The number of aldehydes is 1. The van der Waals surface area contributed by atoms with Gasteiger partial charge >= 0.3 is 0 Å². The Bertz CT molecular complexity index is 455. The molecule has 0 saturated heterocycles. The largest absolute Gasteiger partial charge is 0.490 e. The van der Waals surface area contributed by atoms with E-state index in [1.54, 1.807) is 0 Å². The monoisotopic (exact) mass is 302 g/mol. The van der Waals surface area contributed by atoms with Gasteiger partial charge in [-0.25, -0.2) is 0 Å². The topological polar surface area (TPSA) is 26.3 Å². The highest BCUT2D eigenvalue weighted by molar-refractivity contribution is 5.66. The van der Waals surface area contributed by atoms with Crippen LogP contribution in [0.4, 0.5) is 0 Å². The average molecular weight is 302 g/mol. The van der Waals surface area contributed by atoms with E-state index in [4.69, 9.17) is 4.74 Å². The van der Waals surface area contributed by atoms with Crippen LogP contribution in [0.15, 0.2) is 24.3 Å². The number of benzene rings is 1. The first kappa shape index (κ1) is 17.1. The second-order valence-electron chi connectivity index (χ2n) is 6.51. The molecule has 1 aromatic rings. The smallest absolute Gasteiger partial charge is 0.128 e. The lowest BCUT2D eigenvalue weighted by Gasteiger charge is -2.38. The molecule has 2 heteroatoms. The van der Waals surface area contributed by atoms with Crippen LogP contribution in [-0.4, -0.2) is 12.4 Å². The van der Waals surface area contributed by atoms with E-state index in [0.717, 1.165) is 30.4 Å². The molecular weight excluding hydrogens is 272 g/mol. The summed E-state index contributed by atoms with van der Waals surface area (Å²) in [5.74, 6) is 1.28. The maximum atomic E-state index is 11.8. The molecule has 2 nitrogen and oxygen atoms in total. The zero-order valence-electron chi connectivity index (χ0n) is 14.1. The third-order valence-corrected chi connectivity index (χ3v) is 4.88. The van der Waals surface area contributed by atoms with Crippen molar-refractivity contribution in [2.75, 3.05) is 0 Å². The Morgan fingerprint density at radius 2 is 1.68 bits per heavy atom. The molecule has 0 fully saturated rings. The number of carbonyl (C=O) groups excluding carboxylic acids is 1. The molecule has 0 aliphatic carbocycles. The number of hydrogen-bond acceptors (Lipinski definition) is 2. The van der Waals surface area contributed by atoms with Gasteiger partial charge in [-0.15, -0.1) is 0 Å². The molecule has 0 spiro atoms. The number of carbonyl (C=O) groups is 1. The minimum atomic E-state index is 0.00781. The molecule has 0 radical (unpaired) electrons. The number of hydrogen-bond donors (Lipinski definition) is 0. The van der Waals surface area contributed by atoms with Gasteiger partial charge in [0.1, 0.15) is 18.1 Å². The van der Waals surface area contributed by atoms with Crippen LogP contribution in [0.25, 0.3) is 0 Å². The lowest BCUT2D eigenvalue weighted by Crippen LogP contribution is -2.37. The van der Waals surface area contributed by atoms with E-state index in [-0.39, 0.29) is 12.0 Å². The van der Waals surface area contributed by atoms with E-state index in [1.807, 2.05) is 18.2 Å². The van der Waals surface area contributed by atoms with Gasteiger partial charge in [-0.1, -0.05) is 64.2 Å². The molecule has 1 heterocycles. The molecule has 22 heavy (non-hydrogen) atoms. The van der Waals surface area contributed by atoms with Crippen molar-refractivity contribution < 1.29 is 9.53 Å². The molecule has 0 amide bonds. The highest BCUT2D eigenvalue weighted by Gasteiger charge is 2.37. The predicted octanol–water partition coefficient (Wildman–Crippen LogP) is 5.51. The third kappa shape index (κ3) is 4.12. The summed E-state index contributed by atoms with van der Waals surface area (Å²) in [5.41, 5.74) is 1.09. The van der Waals surface area contributed by atoms with E-state index < -0.39 is 0 Å². The van der Waals surface area contributed by atoms with Gasteiger partial charge in [0.05, 0.1) is 0 Å². The molecular formula is C20H30O2. The van der Waals surface area contributed by atoms with Gasteiger partial charge in [-0.05, 0) is 25.3 Å². The van der Waals surface area contributed by atoms with Crippen LogP contribution in [0, 0.1) is 5.92 Å². The summed E-state index contributed by atoms with van der Waals surface area (Å²) >= 11 is 0. The van der Waals surface area contributed by atoms with Gasteiger partial charge in [-0.2, -0.15) is 0 Å². The lowest BCUT2D eigenvalue weighted by atomic mass is 9.76. The molecule has 0 saturated carbocycles. The number of fused-ring (bicyclic) bond motifs is 1. The van der Waals surface area contributed by atoms with E-state index in [1.165, 1.54) is 38.5 Å². The Labute approximate surface area is 135 Å². The quantitative estimate of drug-likeness (QED) is 0.444. The summed E-state index contributed by atoms with van der Waals surface area (Å²) in [5, 5.41) is 0. The van der Waals surface area contributed by atoms with E-state index in [0.29, 0.717) is 5.92 Å². The van der Waals surface area contributed by atoms with Crippen LogP contribution in [0.2, 0.25) is 0 Å². The van der Waals surface area contributed by atoms with Crippen molar-refractivity contribution in [2.45, 2.75) is 77.2 Å². The van der Waals surface area contributed by atoms with Crippen molar-refractivity contribution in [3.8, 4) is 5.75 Å². The first-order valence-electron chi connectivity index (χ1n) is 9.02. The molecule has 1 aromatic carbocycles. The van der Waals surface area contributed by atoms with Crippen molar-refractivity contribution >= 4 is 6.29 Å². The highest BCUT2D eigenvalue weighted by atomic mass is 16.5. The second-order valence-corrected chi connectivity index (χ2v) is 6.51. The van der Waals surface area contributed by atoms with Gasteiger partial charge in [0.15, 0.2) is 0 Å². The SMILES string of the molecule is CCCCCC1Oc2ccccc2C(C=O)C1CCCCC. The summed E-state index contributed by atoms with van der Waals surface area (Å²) in [7, 11) is 0. The third-order valence-electron chi connectivity index (χ3n) is 4.88. The first-order chi connectivity index (χ1) is 10.8. The van der Waals surface area contributed by atoms with Gasteiger partial charge in [0.2, 0.25) is 0 Å². The van der Waals surface area contributed by atoms with Crippen LogP contribution in [-0.2, 0) is 4.79 Å². The van der Waals surface area contributed by atoms with E-state index in [9.17, 15) is 4.79 Å². The first-order valence-corrected chi connectivity index (χ1v) is 9.02. The Hall–Kier alpha value is -1.31. The fraction of sp³-hybridized carbons (Fsp3) is 0.650. The summed E-state index contributed by atoms with van der Waals surface area (Å²) in [6.07, 6.45) is 10.8. The fourth-order valence-electron chi connectivity index (χ4n) is 3.61. The Balaban J connectivity index is 2.16. The molecule has 2 rings (SSSR count). The molecule has 0 bridgehead atoms. The maximum Gasteiger partial charge on any atom is 0.128 e. The van der Waals surface area contributed by atoms with Crippen molar-refractivity contribution in [3.63, 3.8) is 0 Å². The van der Waals surface area contributed by atoms with Crippen molar-refractivity contribution in [1.29, 1.82) is 0 Å². The Morgan fingerprint density at radius 1 is 1.00 bits per heavy atom. The summed E-state index contributed by atoms with van der Waals surface area (Å²) < 4.78 is 6.30. The molecule has 3 atom stereocenters. The predicted molar refractivity (Wildman–Crippen MR) is 91.4 cm³/mol. The van der Waals surface area contributed by atoms with Crippen LogP contribution >= 0.6 is 0 Å². The van der Waals surface area contributed by atoms with Gasteiger partial charge in [0, 0.05) is 17.4 Å². The molecule has 3 unspecified atom stereocenters. The molecule has 0 aromatic heterocycles. The normalized spacial score (nSPS) is 23.6. The lowest BCUT2D eigenvalue weighted by molar-refractivity contribution is -0.111. The van der Waals surface area contributed by atoms with Gasteiger partial charge in [-0.3, -0.25) is 0 Å². The Morgan fingerprint density at radius 3 is 2.36 bits per heavy atom. The zero-order valence-corrected chi connectivity index (χ0v) is 14.1. The number of unbranched alkanes of at least 4 members (excludes halogenated alkanes) is 4. The second kappa shape index (κ2) is 8.97. The van der Waals surface area contributed by atoms with Crippen LogP contribution < -0.4 is 4.74 Å². The van der Waals surface area contributed by atoms with Crippen LogP contribution in [0.1, 0.15) is 76.7 Å². The zero-order chi connectivity index (χ0) is 15.8. The van der Waals surface area contributed by atoms with E-state index >= 15 is 0 Å². The minimum Gasteiger partial charge on any atom is -0.490 e. The number of rotatable bonds is 9. The summed E-state index contributed by atoms with van der Waals surface area (Å²) in [6, 6.07) is 8.09. The minimum absolute atomic E-state index is 0.00781. The highest BCUT2D eigenvalue weighted by Crippen LogP contribution is 2.42. The van der Waals surface area contributed by atoms with Gasteiger partial charge < -0.3 is 9.53 Å². The number of para-hydroxylation sites is 1. The fourth-order valence-corrected chi connectivity index (χ4v) is 3.61. The van der Waals surface area contributed by atoms with E-state index in [2.05, 4.69) is 19.9 Å². The molecule has 122 valence electrons. The summed E-state index contributed by atoms with van der Waals surface area (Å²) in [4.78, 5) is 11.8. The standard InChI is InChI=1S/C20H30O2/c1-3-5-7-11-16-18(15-21)17-12-9-10-14-20(17)22-19(16)13-8-6-4-2/h9-10,12,14-16,18-19H,3-8,11,13H2,1-2H3. The molecule has 1 aliphatic heterocycles. The van der Waals surface area contributed by atoms with Gasteiger partial charge in [0.25, 0.3) is 0 Å². The van der Waals surface area contributed by atoms with Crippen LogP contribution in [0.5, 0.6) is 5.75 Å². The Kier molecular flexibility index (Phi) is 6.95. The summed E-state index contributed by atoms with van der Waals surface area (Å²) in [6.45, 7) is 4.45. The molecule has 0 N–H and O–H groups in total. The van der Waals surface area contributed by atoms with Crippen LogP contribution in [0.3, 0.4) is 0 Å². The average Bonchev–Trinajstić information content (AvgIpc) is 2.55. The van der Waals surface area contributed by atoms with Crippen molar-refractivity contribution in [2.24, 2.45) is 5.92 Å².